The van der Waals surface area contributed by atoms with Gasteiger partial charge in [-0.3, -0.25) is 4.79 Å². The van der Waals surface area contributed by atoms with Crippen LogP contribution in [0.4, 0.5) is 0 Å². The van der Waals surface area contributed by atoms with Crippen LogP contribution in [0.5, 0.6) is 0 Å². The first-order valence-electron chi connectivity index (χ1n) is 2.23. The van der Waals surface area contributed by atoms with Crippen molar-refractivity contribution in [2.75, 3.05) is 0 Å². The van der Waals surface area contributed by atoms with Gasteiger partial charge in [0.25, 0.3) is 0 Å². The zero-order valence-electron chi connectivity index (χ0n) is 3.56. The third-order valence-electron chi connectivity index (χ3n) is 1.70. The van der Waals surface area contributed by atoms with Gasteiger partial charge in [0, 0.05) is 5.92 Å². The van der Waals surface area contributed by atoms with E-state index >= 15 is 0 Å². The van der Waals surface area contributed by atoms with Crippen LogP contribution >= 0.6 is 0 Å². The number of hydrogen-bond donors (Lipinski definition) is 0. The van der Waals surface area contributed by atoms with Gasteiger partial charge in [0.1, 0.15) is 5.78 Å². The number of hydrogen-bond acceptors (Lipinski definition) is 1. The van der Waals surface area contributed by atoms with E-state index < -0.39 is 0 Å². The molecule has 2 fully saturated rings. The molecule has 1 heteroatoms. The molecule has 1 radical (unpaired) electrons. The van der Waals surface area contributed by atoms with Crippen LogP contribution in [0.1, 0.15) is 6.92 Å². The lowest BCUT2D eigenvalue weighted by atomic mass is 10.2. The van der Waals surface area contributed by atoms with E-state index in [1.54, 1.807) is 0 Å². The van der Waals surface area contributed by atoms with Gasteiger partial charge in [-0.2, -0.15) is 0 Å². The number of fused-ring (bicyclic) bond motifs is 1. The van der Waals surface area contributed by atoms with Crippen LogP contribution in [0.15, 0.2) is 0 Å². The minimum absolute atomic E-state index is 0.433. The summed E-state index contributed by atoms with van der Waals surface area (Å²) >= 11 is 0. The number of carbonyl (C=O) groups excluding carboxylic acids is 1. The van der Waals surface area contributed by atoms with Crippen LogP contribution < -0.4 is 0 Å². The van der Waals surface area contributed by atoms with Crippen molar-refractivity contribution in [1.82, 2.24) is 0 Å². The van der Waals surface area contributed by atoms with Crippen LogP contribution in [0, 0.1) is 17.8 Å². The number of ketones is 1. The van der Waals surface area contributed by atoms with Gasteiger partial charge in [-0.15, -0.1) is 0 Å². The van der Waals surface area contributed by atoms with Crippen molar-refractivity contribution < 1.29 is 4.79 Å². The topological polar surface area (TPSA) is 17.1 Å². The second-order valence-electron chi connectivity index (χ2n) is 2.09. The molecule has 0 heterocycles. The Hall–Kier alpha value is -0.330. The van der Waals surface area contributed by atoms with Crippen LogP contribution in [-0.4, -0.2) is 5.78 Å². The minimum atomic E-state index is 0.433. The van der Waals surface area contributed by atoms with Gasteiger partial charge in [0.05, 0.1) is 5.92 Å². The lowest BCUT2D eigenvalue weighted by Crippen LogP contribution is -1.89. The predicted molar refractivity (Wildman–Crippen MR) is 20.9 cm³/mol. The molecule has 2 atom stereocenters. The average Bonchev–Trinajstić information content (AvgIpc) is 2.28. The highest BCUT2D eigenvalue weighted by Crippen LogP contribution is 2.66. The fraction of sp³-hybridized carbons (Fsp3) is 0.600. The molecular formula is C5H5O. The van der Waals surface area contributed by atoms with Crippen molar-refractivity contribution in [2.45, 2.75) is 6.92 Å². The van der Waals surface area contributed by atoms with Crippen molar-refractivity contribution in [3.05, 3.63) is 5.92 Å². The van der Waals surface area contributed by atoms with Gasteiger partial charge in [-0.25, -0.2) is 0 Å². The quantitative estimate of drug-likeness (QED) is 0.412. The van der Waals surface area contributed by atoms with E-state index in [-0.39, 0.29) is 0 Å². The Balaban J connectivity index is 2.22. The van der Waals surface area contributed by atoms with E-state index in [1.165, 1.54) is 5.92 Å². The first-order valence-corrected chi connectivity index (χ1v) is 2.23. The standard InChI is InChI=1S/C5H5O/c1-2-3-4(2)5(3)6/h2-3H,1H3. The number of Topliss-reactive ketones (excluding diaryl/α,β-unsaturated/α-hetero) is 1. The SMILES string of the molecule is CC1[C]2C(=O)C21. The largest absolute Gasteiger partial charge is 0.299 e. The van der Waals surface area contributed by atoms with E-state index in [9.17, 15) is 4.79 Å². The Kier molecular flexibility index (Phi) is 0.214. The zero-order valence-corrected chi connectivity index (χ0v) is 3.56. The number of rotatable bonds is 0. The van der Waals surface area contributed by atoms with Gasteiger partial charge in [-0.1, -0.05) is 6.92 Å². The molecular weight excluding hydrogens is 76.1 g/mol. The molecule has 2 aliphatic rings. The third-order valence-corrected chi connectivity index (χ3v) is 1.70. The third kappa shape index (κ3) is 0.107. The highest BCUT2D eigenvalue weighted by molar-refractivity contribution is 6.22. The van der Waals surface area contributed by atoms with Crippen LogP contribution in [0.3, 0.4) is 0 Å². The molecule has 0 bridgehead atoms. The fourth-order valence-electron chi connectivity index (χ4n) is 0.985. The highest BCUT2D eigenvalue weighted by atomic mass is 16.1. The summed E-state index contributed by atoms with van der Waals surface area (Å²) in [5.74, 6) is 2.79. The van der Waals surface area contributed by atoms with Gasteiger partial charge < -0.3 is 0 Å². The molecule has 2 unspecified atom stereocenters. The van der Waals surface area contributed by atoms with Crippen molar-refractivity contribution in [3.63, 3.8) is 0 Å². The molecule has 0 aromatic heterocycles. The molecule has 2 rings (SSSR count). The van der Waals surface area contributed by atoms with Gasteiger partial charge in [0.2, 0.25) is 0 Å². The van der Waals surface area contributed by atoms with E-state index in [4.69, 9.17) is 0 Å². The van der Waals surface area contributed by atoms with E-state index in [1.807, 2.05) is 0 Å². The first kappa shape index (κ1) is 2.78. The van der Waals surface area contributed by atoms with E-state index in [0.29, 0.717) is 17.6 Å². The van der Waals surface area contributed by atoms with Crippen LogP contribution in [0.2, 0.25) is 0 Å². The van der Waals surface area contributed by atoms with Crippen molar-refractivity contribution in [2.24, 2.45) is 11.8 Å². The zero-order chi connectivity index (χ0) is 4.31. The average molecular weight is 81.1 g/mol. The molecule has 0 aromatic rings. The lowest BCUT2D eigenvalue weighted by molar-refractivity contribution is -0.112. The molecule has 0 amide bonds. The van der Waals surface area contributed by atoms with Crippen molar-refractivity contribution in [1.29, 1.82) is 0 Å². The summed E-state index contributed by atoms with van der Waals surface area (Å²) in [6.07, 6.45) is 0. The summed E-state index contributed by atoms with van der Waals surface area (Å²) in [7, 11) is 0. The molecule has 31 valence electrons. The summed E-state index contributed by atoms with van der Waals surface area (Å²) in [4.78, 5) is 10.1. The Morgan fingerprint density at radius 2 is 2.17 bits per heavy atom. The summed E-state index contributed by atoms with van der Waals surface area (Å²) in [6, 6.07) is 0. The van der Waals surface area contributed by atoms with Gasteiger partial charge >= 0.3 is 0 Å². The molecule has 2 aliphatic carbocycles. The molecule has 0 saturated heterocycles. The van der Waals surface area contributed by atoms with Gasteiger partial charge in [0.15, 0.2) is 0 Å². The Morgan fingerprint density at radius 1 is 1.67 bits per heavy atom. The van der Waals surface area contributed by atoms with E-state index in [2.05, 4.69) is 6.92 Å². The monoisotopic (exact) mass is 81.0 g/mol. The maximum absolute atomic E-state index is 10.1. The highest BCUT2D eigenvalue weighted by Gasteiger charge is 2.72. The summed E-state index contributed by atoms with van der Waals surface area (Å²) in [6.45, 7) is 2.10. The smallest absolute Gasteiger partial charge is 0.145 e. The molecule has 6 heavy (non-hydrogen) atoms. The van der Waals surface area contributed by atoms with E-state index in [0.717, 1.165) is 0 Å². The number of carbonyl (C=O) groups is 1. The van der Waals surface area contributed by atoms with Crippen molar-refractivity contribution in [3.8, 4) is 0 Å². The maximum Gasteiger partial charge on any atom is 0.145 e. The Labute approximate surface area is 36.3 Å². The molecule has 1 nitrogen and oxygen atoms in total. The summed E-state index contributed by atoms with van der Waals surface area (Å²) in [5, 5.41) is 0. The Bertz CT molecular complexity index is 105. The summed E-state index contributed by atoms with van der Waals surface area (Å²) in [5.41, 5.74) is 0. The minimum Gasteiger partial charge on any atom is -0.299 e. The molecule has 0 aliphatic heterocycles. The molecule has 0 aromatic carbocycles. The molecule has 2 saturated carbocycles. The van der Waals surface area contributed by atoms with Crippen LogP contribution in [0.25, 0.3) is 0 Å². The van der Waals surface area contributed by atoms with Crippen LogP contribution in [-0.2, 0) is 4.79 Å². The normalized spacial score (nSPS) is 51.8. The second kappa shape index (κ2) is 0.462. The predicted octanol–water partition coefficient (Wildman–Crippen LogP) is 0.409. The maximum atomic E-state index is 10.1. The molecule has 0 spiro atoms. The first-order chi connectivity index (χ1) is 2.82. The summed E-state index contributed by atoms with van der Waals surface area (Å²) < 4.78 is 0. The second-order valence-corrected chi connectivity index (χ2v) is 2.09. The Morgan fingerprint density at radius 3 is 2.17 bits per heavy atom. The molecule has 0 N–H and O–H groups in total. The van der Waals surface area contributed by atoms with Gasteiger partial charge in [-0.05, 0) is 5.92 Å². The lowest BCUT2D eigenvalue weighted by Gasteiger charge is -1.81. The van der Waals surface area contributed by atoms with Crippen molar-refractivity contribution >= 4 is 5.78 Å². The fourth-order valence-corrected chi connectivity index (χ4v) is 0.985.